The molecule has 0 saturated carbocycles. The number of piperidine rings is 1. The average molecular weight is 421 g/mol. The first-order valence-corrected chi connectivity index (χ1v) is 10.7. The second-order valence-electron chi connectivity index (χ2n) is 8.01. The number of anilines is 1. The van der Waals surface area contributed by atoms with E-state index >= 15 is 0 Å². The molecule has 0 N–H and O–H groups in total. The van der Waals surface area contributed by atoms with Gasteiger partial charge in [-0.3, -0.25) is 9.69 Å². The molecule has 4 rings (SSSR count). The first kappa shape index (κ1) is 21.1. The van der Waals surface area contributed by atoms with Crippen molar-refractivity contribution in [3.05, 3.63) is 71.8 Å². The fourth-order valence-electron chi connectivity index (χ4n) is 4.20. The maximum absolute atomic E-state index is 12.5. The van der Waals surface area contributed by atoms with Crippen molar-refractivity contribution in [2.45, 2.75) is 24.9 Å². The third-order valence-electron chi connectivity index (χ3n) is 5.93. The Morgan fingerprint density at radius 2 is 1.81 bits per heavy atom. The van der Waals surface area contributed by atoms with Crippen LogP contribution in [0.5, 0.6) is 0 Å². The van der Waals surface area contributed by atoms with Gasteiger partial charge in [-0.15, -0.1) is 0 Å². The minimum atomic E-state index is -0.329. The maximum atomic E-state index is 12.5. The Morgan fingerprint density at radius 3 is 2.48 bits per heavy atom. The van der Waals surface area contributed by atoms with Gasteiger partial charge in [0.05, 0.1) is 13.2 Å². The number of carbonyl (C=O) groups is 2. The predicted molar refractivity (Wildman–Crippen MR) is 120 cm³/mol. The molecule has 0 bridgehead atoms. The molecule has 2 aliphatic heterocycles. The normalized spacial score (nSPS) is 19.8. The number of rotatable bonds is 6. The van der Waals surface area contributed by atoms with Crippen LogP contribution in [0.25, 0.3) is 6.08 Å². The average Bonchev–Trinajstić information content (AvgIpc) is 3.18. The number of methoxy groups -OCH3 is 1. The largest absolute Gasteiger partial charge is 0.441 e. The van der Waals surface area contributed by atoms with Crippen LogP contribution in [0.15, 0.2) is 60.7 Å². The van der Waals surface area contributed by atoms with Gasteiger partial charge in [0.1, 0.15) is 6.10 Å². The molecule has 1 atom stereocenters. The molecule has 31 heavy (non-hydrogen) atoms. The van der Waals surface area contributed by atoms with Gasteiger partial charge >= 0.3 is 6.09 Å². The first-order chi connectivity index (χ1) is 15.1. The molecule has 2 aliphatic rings. The summed E-state index contributed by atoms with van der Waals surface area (Å²) in [5.74, 6) is 0.485. The van der Waals surface area contributed by atoms with Crippen LogP contribution in [0, 0.1) is 0 Å². The lowest BCUT2D eigenvalue weighted by Crippen LogP contribution is -2.36. The number of hydrogen-bond donors (Lipinski definition) is 0. The van der Waals surface area contributed by atoms with Crippen LogP contribution >= 0.6 is 0 Å². The van der Waals surface area contributed by atoms with E-state index in [1.807, 2.05) is 53.4 Å². The molecule has 2 aromatic carbocycles. The van der Waals surface area contributed by atoms with E-state index in [9.17, 15) is 9.59 Å². The Labute approximate surface area is 183 Å². The zero-order chi connectivity index (χ0) is 21.6. The van der Waals surface area contributed by atoms with E-state index in [0.717, 1.165) is 37.2 Å². The third-order valence-corrected chi connectivity index (χ3v) is 5.93. The van der Waals surface area contributed by atoms with E-state index in [2.05, 4.69) is 12.1 Å². The van der Waals surface area contributed by atoms with Crippen molar-refractivity contribution in [3.63, 3.8) is 0 Å². The van der Waals surface area contributed by atoms with Gasteiger partial charge in [0.15, 0.2) is 0 Å². The topological polar surface area (TPSA) is 59.1 Å². The highest BCUT2D eigenvalue weighted by molar-refractivity contribution is 5.92. The molecule has 0 aliphatic carbocycles. The van der Waals surface area contributed by atoms with Gasteiger partial charge in [-0.1, -0.05) is 42.5 Å². The number of benzene rings is 2. The number of hydrogen-bond acceptors (Lipinski definition) is 4. The van der Waals surface area contributed by atoms with Crippen molar-refractivity contribution in [2.24, 2.45) is 0 Å². The van der Waals surface area contributed by atoms with E-state index in [1.165, 1.54) is 5.56 Å². The Hall–Kier alpha value is -3.12. The van der Waals surface area contributed by atoms with Crippen molar-refractivity contribution in [2.75, 3.05) is 38.3 Å². The monoisotopic (exact) mass is 420 g/mol. The van der Waals surface area contributed by atoms with Crippen molar-refractivity contribution in [3.8, 4) is 0 Å². The summed E-state index contributed by atoms with van der Waals surface area (Å²) in [7, 11) is 1.60. The molecular formula is C25H28N2O4. The van der Waals surface area contributed by atoms with Crippen molar-refractivity contribution >= 4 is 23.8 Å². The lowest BCUT2D eigenvalue weighted by atomic mass is 9.89. The molecule has 6 heteroatoms. The summed E-state index contributed by atoms with van der Waals surface area (Å²) in [4.78, 5) is 28.2. The zero-order valence-electron chi connectivity index (χ0n) is 17.8. The Bertz CT molecular complexity index is 918. The predicted octanol–water partition coefficient (Wildman–Crippen LogP) is 4.08. The van der Waals surface area contributed by atoms with Crippen LogP contribution in [-0.2, 0) is 14.3 Å². The number of amides is 2. The number of cyclic esters (lactones) is 1. The highest BCUT2D eigenvalue weighted by atomic mass is 16.6. The number of likely N-dealkylation sites (tertiary alicyclic amines) is 1. The standard InChI is InChI=1S/C25H28N2O4/c1-30-18-23-17-27(25(29)31-23)22-10-8-20(9-11-22)21-13-15-26(16-14-21)24(28)12-7-19-5-3-2-4-6-19/h2-12,21,23H,13-18H2,1H3. The molecule has 6 nitrogen and oxygen atoms in total. The second kappa shape index (κ2) is 9.79. The molecule has 0 spiro atoms. The number of carbonyl (C=O) groups excluding carboxylic acids is 2. The molecule has 2 amide bonds. The van der Waals surface area contributed by atoms with Gasteiger partial charge in [-0.05, 0) is 48.1 Å². The summed E-state index contributed by atoms with van der Waals surface area (Å²) >= 11 is 0. The molecule has 0 aromatic heterocycles. The van der Waals surface area contributed by atoms with Crippen LogP contribution in [0.3, 0.4) is 0 Å². The SMILES string of the molecule is COCC1CN(c2ccc(C3CCN(C(=O)C=Cc4ccccc4)CC3)cc2)C(=O)O1. The first-order valence-electron chi connectivity index (χ1n) is 10.7. The molecule has 2 aromatic rings. The van der Waals surface area contributed by atoms with Gasteiger partial charge < -0.3 is 14.4 Å². The van der Waals surface area contributed by atoms with Crippen molar-refractivity contribution < 1.29 is 19.1 Å². The Balaban J connectivity index is 1.30. The van der Waals surface area contributed by atoms with Gasteiger partial charge in [-0.25, -0.2) is 4.79 Å². The summed E-state index contributed by atoms with van der Waals surface area (Å²) in [5, 5.41) is 0. The molecule has 2 saturated heterocycles. The smallest absolute Gasteiger partial charge is 0.414 e. The Morgan fingerprint density at radius 1 is 1.10 bits per heavy atom. The Kier molecular flexibility index (Phi) is 6.67. The molecule has 0 radical (unpaired) electrons. The van der Waals surface area contributed by atoms with E-state index in [0.29, 0.717) is 19.1 Å². The molecular weight excluding hydrogens is 392 g/mol. The maximum Gasteiger partial charge on any atom is 0.414 e. The third kappa shape index (κ3) is 5.14. The highest BCUT2D eigenvalue weighted by Gasteiger charge is 2.32. The van der Waals surface area contributed by atoms with Gasteiger partial charge in [0, 0.05) is 32.0 Å². The van der Waals surface area contributed by atoms with Crippen LogP contribution in [0.1, 0.15) is 29.9 Å². The minimum Gasteiger partial charge on any atom is -0.441 e. The van der Waals surface area contributed by atoms with Crippen LogP contribution < -0.4 is 4.90 Å². The van der Waals surface area contributed by atoms with Gasteiger partial charge in [0.2, 0.25) is 5.91 Å². The van der Waals surface area contributed by atoms with Gasteiger partial charge in [-0.2, -0.15) is 0 Å². The van der Waals surface area contributed by atoms with Crippen LogP contribution in [0.2, 0.25) is 0 Å². The van der Waals surface area contributed by atoms with Crippen LogP contribution in [-0.4, -0.2) is 56.4 Å². The second-order valence-corrected chi connectivity index (χ2v) is 8.01. The number of ether oxygens (including phenoxy) is 2. The van der Waals surface area contributed by atoms with E-state index in [4.69, 9.17) is 9.47 Å². The van der Waals surface area contributed by atoms with Crippen LogP contribution in [0.4, 0.5) is 10.5 Å². The highest BCUT2D eigenvalue weighted by Crippen LogP contribution is 2.30. The molecule has 162 valence electrons. The summed E-state index contributed by atoms with van der Waals surface area (Å²) < 4.78 is 10.4. The summed E-state index contributed by atoms with van der Waals surface area (Å²) in [6, 6.07) is 18.0. The zero-order valence-corrected chi connectivity index (χ0v) is 17.8. The lowest BCUT2D eigenvalue weighted by Gasteiger charge is -2.31. The van der Waals surface area contributed by atoms with Gasteiger partial charge in [0.25, 0.3) is 0 Å². The van der Waals surface area contributed by atoms with Crippen molar-refractivity contribution in [1.29, 1.82) is 0 Å². The number of nitrogens with zero attached hydrogens (tertiary/aromatic N) is 2. The molecule has 2 heterocycles. The quantitative estimate of drug-likeness (QED) is 0.661. The minimum absolute atomic E-state index is 0.0656. The fourth-order valence-corrected chi connectivity index (χ4v) is 4.20. The summed E-state index contributed by atoms with van der Waals surface area (Å²) in [6.45, 7) is 2.41. The van der Waals surface area contributed by atoms with E-state index in [-0.39, 0.29) is 18.1 Å². The van der Waals surface area contributed by atoms with Crippen molar-refractivity contribution in [1.82, 2.24) is 4.90 Å². The van der Waals surface area contributed by atoms with E-state index in [1.54, 1.807) is 18.1 Å². The summed E-state index contributed by atoms with van der Waals surface area (Å²) in [6.07, 6.45) is 4.85. The molecule has 2 fully saturated rings. The molecule has 1 unspecified atom stereocenters. The lowest BCUT2D eigenvalue weighted by molar-refractivity contribution is -0.126. The fraction of sp³-hybridized carbons (Fsp3) is 0.360. The van der Waals surface area contributed by atoms with E-state index < -0.39 is 0 Å². The summed E-state index contributed by atoms with van der Waals surface area (Å²) in [5.41, 5.74) is 3.11.